The van der Waals surface area contributed by atoms with Crippen LogP contribution in [0.5, 0.6) is 0 Å². The van der Waals surface area contributed by atoms with Crippen molar-refractivity contribution in [2.24, 2.45) is 11.5 Å². The lowest BCUT2D eigenvalue weighted by molar-refractivity contribution is -0.118. The number of alkyl halides is 2. The Balaban J connectivity index is 2.63. The van der Waals surface area contributed by atoms with Gasteiger partial charge in [-0.15, -0.1) is 0 Å². The predicted molar refractivity (Wildman–Crippen MR) is 77.7 cm³/mol. The van der Waals surface area contributed by atoms with Gasteiger partial charge in [0.2, 0.25) is 11.8 Å². The van der Waals surface area contributed by atoms with E-state index in [9.17, 15) is 9.59 Å². The van der Waals surface area contributed by atoms with Crippen molar-refractivity contribution in [2.75, 3.05) is 0 Å². The first-order chi connectivity index (χ1) is 8.40. The average molecular weight is 378 g/mol. The van der Waals surface area contributed by atoms with Crippen LogP contribution in [0.15, 0.2) is 24.3 Å². The molecule has 6 heteroatoms. The number of carbonyl (C=O) groups is 2. The summed E-state index contributed by atoms with van der Waals surface area (Å²) in [5.74, 6) is -0.762. The van der Waals surface area contributed by atoms with Crippen LogP contribution in [0.25, 0.3) is 0 Å². The van der Waals surface area contributed by atoms with Gasteiger partial charge in [0.1, 0.15) is 0 Å². The third-order valence-corrected chi connectivity index (χ3v) is 4.02. The summed E-state index contributed by atoms with van der Waals surface area (Å²) in [5.41, 5.74) is 12.3. The number of hydrogen-bond acceptors (Lipinski definition) is 2. The maximum absolute atomic E-state index is 10.9. The Morgan fingerprint density at radius 3 is 1.39 bits per heavy atom. The van der Waals surface area contributed by atoms with E-state index >= 15 is 0 Å². The number of halogens is 2. The molecule has 18 heavy (non-hydrogen) atoms. The average Bonchev–Trinajstić information content (AvgIpc) is 2.31. The summed E-state index contributed by atoms with van der Waals surface area (Å²) in [5, 5.41) is 0. The SMILES string of the molecule is NC(=O)C(Br)Cc1ccc(CC(Br)C(N)=O)cc1. The zero-order valence-corrected chi connectivity index (χ0v) is 12.8. The molecule has 2 atom stereocenters. The molecular weight excluding hydrogens is 364 g/mol. The zero-order chi connectivity index (χ0) is 13.7. The minimum absolute atomic E-state index is 0.363. The van der Waals surface area contributed by atoms with E-state index in [2.05, 4.69) is 31.9 Å². The normalized spacial score (nSPS) is 13.9. The van der Waals surface area contributed by atoms with E-state index in [0.717, 1.165) is 11.1 Å². The monoisotopic (exact) mass is 376 g/mol. The Kier molecular flexibility index (Phi) is 5.81. The van der Waals surface area contributed by atoms with E-state index in [-0.39, 0.29) is 21.5 Å². The van der Waals surface area contributed by atoms with Gasteiger partial charge in [-0.3, -0.25) is 9.59 Å². The van der Waals surface area contributed by atoms with Gasteiger partial charge in [0.15, 0.2) is 0 Å². The molecule has 1 aromatic rings. The van der Waals surface area contributed by atoms with Gasteiger partial charge in [0, 0.05) is 0 Å². The number of rotatable bonds is 6. The fourth-order valence-electron chi connectivity index (χ4n) is 1.43. The summed E-state index contributed by atoms with van der Waals surface area (Å²) in [6.07, 6.45) is 1.09. The molecule has 0 aromatic heterocycles. The van der Waals surface area contributed by atoms with Gasteiger partial charge in [-0.05, 0) is 24.0 Å². The second kappa shape index (κ2) is 6.89. The third-order valence-electron chi connectivity index (χ3n) is 2.47. The second-order valence-electron chi connectivity index (χ2n) is 3.96. The molecule has 2 amide bonds. The molecule has 4 N–H and O–H groups in total. The minimum atomic E-state index is -0.381. The Bertz CT molecular complexity index is 393. The van der Waals surface area contributed by atoms with Gasteiger partial charge < -0.3 is 11.5 Å². The molecule has 98 valence electrons. The van der Waals surface area contributed by atoms with Crippen molar-refractivity contribution in [3.05, 3.63) is 35.4 Å². The first-order valence-electron chi connectivity index (χ1n) is 5.34. The van der Waals surface area contributed by atoms with E-state index in [1.165, 1.54) is 0 Å². The predicted octanol–water partition coefficient (Wildman–Crippen LogP) is 1.27. The van der Waals surface area contributed by atoms with E-state index in [1.54, 1.807) is 0 Å². The highest BCUT2D eigenvalue weighted by Gasteiger charge is 2.13. The molecule has 0 heterocycles. The second-order valence-corrected chi connectivity index (χ2v) is 6.18. The van der Waals surface area contributed by atoms with Crippen LogP contribution in [-0.2, 0) is 22.4 Å². The van der Waals surface area contributed by atoms with Crippen LogP contribution in [-0.4, -0.2) is 21.5 Å². The summed E-state index contributed by atoms with van der Waals surface area (Å²) in [4.78, 5) is 21.1. The summed E-state index contributed by atoms with van der Waals surface area (Å²) < 4.78 is 0. The quantitative estimate of drug-likeness (QED) is 0.731. The highest BCUT2D eigenvalue weighted by molar-refractivity contribution is 9.10. The fourth-order valence-corrected chi connectivity index (χ4v) is 2.17. The number of primary amides is 2. The van der Waals surface area contributed by atoms with Crippen LogP contribution in [0.3, 0.4) is 0 Å². The van der Waals surface area contributed by atoms with Gasteiger partial charge in [0.05, 0.1) is 9.65 Å². The smallest absolute Gasteiger partial charge is 0.231 e. The molecule has 0 spiro atoms. The molecule has 1 aromatic carbocycles. The summed E-state index contributed by atoms with van der Waals surface area (Å²) in [7, 11) is 0. The summed E-state index contributed by atoms with van der Waals surface area (Å²) in [6, 6.07) is 7.64. The van der Waals surface area contributed by atoms with Crippen molar-refractivity contribution in [1.82, 2.24) is 0 Å². The van der Waals surface area contributed by atoms with Crippen LogP contribution in [0, 0.1) is 0 Å². The van der Waals surface area contributed by atoms with Gasteiger partial charge in [-0.1, -0.05) is 56.1 Å². The molecular formula is C12H14Br2N2O2. The lowest BCUT2D eigenvalue weighted by atomic mass is 10.0. The number of hydrogen-bond donors (Lipinski definition) is 2. The minimum Gasteiger partial charge on any atom is -0.369 e. The largest absolute Gasteiger partial charge is 0.369 e. The molecule has 0 saturated carbocycles. The van der Waals surface area contributed by atoms with Crippen molar-refractivity contribution in [2.45, 2.75) is 22.5 Å². The van der Waals surface area contributed by atoms with Crippen LogP contribution in [0.4, 0.5) is 0 Å². The summed E-state index contributed by atoms with van der Waals surface area (Å²) in [6.45, 7) is 0. The molecule has 0 fully saturated rings. The Morgan fingerprint density at radius 2 is 1.17 bits per heavy atom. The standard InChI is InChI=1S/C12H14Br2N2O2/c13-9(11(15)17)5-7-1-2-8(4-3-7)6-10(14)12(16)18/h1-4,9-10H,5-6H2,(H2,15,17)(H2,16,18). The van der Waals surface area contributed by atoms with Crippen molar-refractivity contribution < 1.29 is 9.59 Å². The third kappa shape index (κ3) is 4.78. The maximum Gasteiger partial charge on any atom is 0.231 e. The molecule has 0 saturated heterocycles. The van der Waals surface area contributed by atoms with Crippen molar-refractivity contribution >= 4 is 43.7 Å². The topological polar surface area (TPSA) is 86.2 Å². The molecule has 0 aliphatic rings. The Hall–Kier alpha value is -0.880. The first-order valence-corrected chi connectivity index (χ1v) is 7.18. The van der Waals surface area contributed by atoms with Crippen LogP contribution in [0.1, 0.15) is 11.1 Å². The molecule has 0 aliphatic heterocycles. The van der Waals surface area contributed by atoms with E-state index in [1.807, 2.05) is 24.3 Å². The van der Waals surface area contributed by atoms with Crippen LogP contribution in [0.2, 0.25) is 0 Å². The van der Waals surface area contributed by atoms with E-state index in [0.29, 0.717) is 12.8 Å². The van der Waals surface area contributed by atoms with Gasteiger partial charge in [-0.2, -0.15) is 0 Å². The van der Waals surface area contributed by atoms with Gasteiger partial charge in [-0.25, -0.2) is 0 Å². The van der Waals surface area contributed by atoms with E-state index in [4.69, 9.17) is 11.5 Å². The number of nitrogens with two attached hydrogens (primary N) is 2. The Morgan fingerprint density at radius 1 is 0.889 bits per heavy atom. The molecule has 0 radical (unpaired) electrons. The Labute approximate surface area is 122 Å². The van der Waals surface area contributed by atoms with Crippen molar-refractivity contribution in [3.63, 3.8) is 0 Å². The van der Waals surface area contributed by atoms with Crippen molar-refractivity contribution in [3.8, 4) is 0 Å². The zero-order valence-electron chi connectivity index (χ0n) is 9.61. The first kappa shape index (κ1) is 15.2. The van der Waals surface area contributed by atoms with Crippen molar-refractivity contribution in [1.29, 1.82) is 0 Å². The lowest BCUT2D eigenvalue weighted by Gasteiger charge is -2.08. The number of benzene rings is 1. The van der Waals surface area contributed by atoms with Crippen LogP contribution < -0.4 is 11.5 Å². The molecule has 4 nitrogen and oxygen atoms in total. The summed E-state index contributed by atoms with van der Waals surface area (Å²) >= 11 is 6.43. The fraction of sp³-hybridized carbons (Fsp3) is 0.333. The molecule has 0 aliphatic carbocycles. The van der Waals surface area contributed by atoms with Gasteiger partial charge in [0.25, 0.3) is 0 Å². The number of carbonyl (C=O) groups excluding carboxylic acids is 2. The van der Waals surface area contributed by atoms with Crippen LogP contribution >= 0.6 is 31.9 Å². The number of amides is 2. The van der Waals surface area contributed by atoms with E-state index < -0.39 is 0 Å². The highest BCUT2D eigenvalue weighted by Crippen LogP contribution is 2.14. The molecule has 0 bridgehead atoms. The van der Waals surface area contributed by atoms with Gasteiger partial charge >= 0.3 is 0 Å². The molecule has 1 rings (SSSR count). The molecule has 2 unspecified atom stereocenters. The highest BCUT2D eigenvalue weighted by atomic mass is 79.9. The maximum atomic E-state index is 10.9. The lowest BCUT2D eigenvalue weighted by Crippen LogP contribution is -2.25.